The highest BCUT2D eigenvalue weighted by molar-refractivity contribution is 5.79. The van der Waals surface area contributed by atoms with Crippen molar-refractivity contribution in [2.45, 2.75) is 31.3 Å². The molecule has 1 aliphatic carbocycles. The first-order valence-electron chi connectivity index (χ1n) is 11.2. The van der Waals surface area contributed by atoms with Crippen LogP contribution in [0.4, 0.5) is 4.79 Å². The number of amides is 2. The second-order valence-electron chi connectivity index (χ2n) is 8.58. The van der Waals surface area contributed by atoms with Gasteiger partial charge >= 0.3 is 12.1 Å². The fourth-order valence-corrected chi connectivity index (χ4v) is 4.69. The Kier molecular flexibility index (Phi) is 6.93. The summed E-state index contributed by atoms with van der Waals surface area (Å²) in [6, 6.07) is 16.2. The molecule has 2 amide bonds. The topological polar surface area (TPSA) is 116 Å². The van der Waals surface area contributed by atoms with Crippen LogP contribution in [0, 0.1) is 5.92 Å². The van der Waals surface area contributed by atoms with Gasteiger partial charge in [0.2, 0.25) is 5.91 Å². The standard InChI is InChI=1S/C25H28N2O6/c28-17-12-16(24(30)31)13-27(14-17)23(29)10-5-11-26-25(32)33-15-22-20-8-3-1-6-18(20)19-7-2-4-9-21(19)22/h1-4,6-9,16-17,22,28H,5,10-15H2,(H,26,32)(H,30,31). The first-order valence-corrected chi connectivity index (χ1v) is 11.2. The van der Waals surface area contributed by atoms with Crippen molar-refractivity contribution in [3.63, 3.8) is 0 Å². The summed E-state index contributed by atoms with van der Waals surface area (Å²) in [5.41, 5.74) is 4.60. The second kappa shape index (κ2) is 10.0. The second-order valence-corrected chi connectivity index (χ2v) is 8.58. The third-order valence-electron chi connectivity index (χ3n) is 6.31. The van der Waals surface area contributed by atoms with Crippen molar-refractivity contribution in [3.05, 3.63) is 59.7 Å². The number of nitrogens with one attached hydrogen (secondary N) is 1. The molecule has 2 aromatic rings. The number of aliphatic hydroxyl groups excluding tert-OH is 1. The Hall–Kier alpha value is -3.39. The van der Waals surface area contributed by atoms with Gasteiger partial charge in [0.05, 0.1) is 12.0 Å². The first-order chi connectivity index (χ1) is 15.9. The van der Waals surface area contributed by atoms with Crippen LogP contribution in [0.1, 0.15) is 36.3 Å². The Bertz CT molecular complexity index is 994. The number of carbonyl (C=O) groups is 3. The molecular formula is C25H28N2O6. The van der Waals surface area contributed by atoms with Crippen molar-refractivity contribution in [2.24, 2.45) is 5.92 Å². The van der Waals surface area contributed by atoms with Crippen LogP contribution in [0.3, 0.4) is 0 Å². The number of rotatable bonds is 7. The molecule has 0 spiro atoms. The summed E-state index contributed by atoms with van der Waals surface area (Å²) >= 11 is 0. The lowest BCUT2D eigenvalue weighted by Gasteiger charge is -2.33. The number of benzene rings is 2. The zero-order valence-corrected chi connectivity index (χ0v) is 18.3. The fraction of sp³-hybridized carbons (Fsp3) is 0.400. The normalized spacial score (nSPS) is 19.5. The summed E-state index contributed by atoms with van der Waals surface area (Å²) in [7, 11) is 0. The Balaban J connectivity index is 1.22. The lowest BCUT2D eigenvalue weighted by molar-refractivity contribution is -0.148. The number of hydrogen-bond donors (Lipinski definition) is 3. The van der Waals surface area contributed by atoms with Crippen LogP contribution >= 0.6 is 0 Å². The molecule has 1 fully saturated rings. The highest BCUT2D eigenvalue weighted by atomic mass is 16.5. The molecule has 0 aromatic heterocycles. The summed E-state index contributed by atoms with van der Waals surface area (Å²) in [6.45, 7) is 0.732. The van der Waals surface area contributed by atoms with Crippen LogP contribution in [0.15, 0.2) is 48.5 Å². The van der Waals surface area contributed by atoms with Gasteiger partial charge in [-0.25, -0.2) is 4.79 Å². The van der Waals surface area contributed by atoms with Gasteiger partial charge in [0.25, 0.3) is 0 Å². The maximum absolute atomic E-state index is 12.4. The molecule has 2 aliphatic rings. The zero-order chi connectivity index (χ0) is 23.4. The molecule has 1 heterocycles. The molecule has 1 aliphatic heterocycles. The molecule has 2 unspecified atom stereocenters. The lowest BCUT2D eigenvalue weighted by Crippen LogP contribution is -2.48. The number of carboxylic acids is 1. The van der Waals surface area contributed by atoms with Gasteiger partial charge in [-0.15, -0.1) is 0 Å². The van der Waals surface area contributed by atoms with E-state index < -0.39 is 24.1 Å². The lowest BCUT2D eigenvalue weighted by atomic mass is 9.96. The molecule has 0 saturated carbocycles. The molecule has 0 bridgehead atoms. The van der Waals surface area contributed by atoms with Crippen molar-refractivity contribution in [2.75, 3.05) is 26.2 Å². The summed E-state index contributed by atoms with van der Waals surface area (Å²) in [6.07, 6.45) is -0.662. The number of β-amino-alcohol motifs (C(OH)–C–C–N with tert-alkyl or cyclic N) is 1. The van der Waals surface area contributed by atoms with Crippen LogP contribution < -0.4 is 5.32 Å². The van der Waals surface area contributed by atoms with E-state index in [1.54, 1.807) is 0 Å². The summed E-state index contributed by atoms with van der Waals surface area (Å²) < 4.78 is 5.47. The van der Waals surface area contributed by atoms with Gasteiger partial charge in [0.1, 0.15) is 6.61 Å². The van der Waals surface area contributed by atoms with E-state index in [0.29, 0.717) is 6.42 Å². The van der Waals surface area contributed by atoms with Crippen molar-refractivity contribution >= 4 is 18.0 Å². The molecular weight excluding hydrogens is 424 g/mol. The van der Waals surface area contributed by atoms with Gasteiger partial charge in [0, 0.05) is 32.0 Å². The highest BCUT2D eigenvalue weighted by Crippen LogP contribution is 2.44. The van der Waals surface area contributed by atoms with Crippen LogP contribution in [0.2, 0.25) is 0 Å². The molecule has 4 rings (SSSR count). The van der Waals surface area contributed by atoms with Gasteiger partial charge in [-0.2, -0.15) is 0 Å². The van der Waals surface area contributed by atoms with Crippen molar-refractivity contribution in [1.82, 2.24) is 10.2 Å². The molecule has 174 valence electrons. The Morgan fingerprint density at radius 3 is 2.27 bits per heavy atom. The van der Waals surface area contributed by atoms with E-state index in [-0.39, 0.29) is 50.9 Å². The van der Waals surface area contributed by atoms with E-state index in [4.69, 9.17) is 9.84 Å². The molecule has 0 radical (unpaired) electrons. The van der Waals surface area contributed by atoms with Gasteiger partial charge in [0.15, 0.2) is 0 Å². The molecule has 3 N–H and O–H groups in total. The van der Waals surface area contributed by atoms with Crippen molar-refractivity contribution < 1.29 is 29.3 Å². The number of aliphatic carboxylic acids is 1. The van der Waals surface area contributed by atoms with Crippen LogP contribution in [0.5, 0.6) is 0 Å². The summed E-state index contributed by atoms with van der Waals surface area (Å²) in [4.78, 5) is 37.1. The van der Waals surface area contributed by atoms with Gasteiger partial charge < -0.3 is 25.2 Å². The summed E-state index contributed by atoms with van der Waals surface area (Å²) in [5, 5.41) is 21.7. The van der Waals surface area contributed by atoms with Crippen LogP contribution in [-0.2, 0) is 14.3 Å². The first kappa shape index (κ1) is 22.8. The van der Waals surface area contributed by atoms with E-state index in [2.05, 4.69) is 29.6 Å². The molecule has 8 nitrogen and oxygen atoms in total. The number of nitrogens with zero attached hydrogens (tertiary/aromatic N) is 1. The van der Waals surface area contributed by atoms with Gasteiger partial charge in [-0.3, -0.25) is 9.59 Å². The van der Waals surface area contributed by atoms with Crippen molar-refractivity contribution in [1.29, 1.82) is 0 Å². The number of carbonyl (C=O) groups excluding carboxylic acids is 2. The minimum atomic E-state index is -1.01. The Labute approximate surface area is 192 Å². The monoisotopic (exact) mass is 452 g/mol. The zero-order valence-electron chi connectivity index (χ0n) is 18.3. The highest BCUT2D eigenvalue weighted by Gasteiger charge is 2.32. The number of fused-ring (bicyclic) bond motifs is 3. The van der Waals surface area contributed by atoms with Crippen LogP contribution in [-0.4, -0.2) is 65.4 Å². The maximum Gasteiger partial charge on any atom is 0.407 e. The van der Waals surface area contributed by atoms with E-state index in [0.717, 1.165) is 22.3 Å². The smallest absolute Gasteiger partial charge is 0.407 e. The predicted molar refractivity (Wildman–Crippen MR) is 121 cm³/mol. The number of alkyl carbamates (subject to hydrolysis) is 1. The minimum Gasteiger partial charge on any atom is -0.481 e. The van der Waals surface area contributed by atoms with Gasteiger partial charge in [-0.05, 0) is 35.1 Å². The number of ether oxygens (including phenoxy) is 1. The average Bonchev–Trinajstić information content (AvgIpc) is 3.13. The number of hydrogen-bond acceptors (Lipinski definition) is 5. The fourth-order valence-electron chi connectivity index (χ4n) is 4.69. The molecule has 2 aromatic carbocycles. The predicted octanol–water partition coefficient (Wildman–Crippen LogP) is 2.60. The van der Waals surface area contributed by atoms with E-state index in [9.17, 15) is 19.5 Å². The third-order valence-corrected chi connectivity index (χ3v) is 6.31. The third kappa shape index (κ3) is 5.17. The van der Waals surface area contributed by atoms with Crippen LogP contribution in [0.25, 0.3) is 11.1 Å². The maximum atomic E-state index is 12.4. The largest absolute Gasteiger partial charge is 0.481 e. The number of carboxylic acid groups (broad SMARTS) is 1. The summed E-state index contributed by atoms with van der Waals surface area (Å²) in [5.74, 6) is -2.01. The quantitative estimate of drug-likeness (QED) is 0.556. The number of aliphatic hydroxyl groups is 1. The van der Waals surface area contributed by atoms with E-state index >= 15 is 0 Å². The SMILES string of the molecule is O=C(NCCCC(=O)N1CC(O)CC(C(=O)O)C1)OCC1c2ccccc2-c2ccccc21. The number of piperidine rings is 1. The minimum absolute atomic E-state index is 0.0163. The Morgan fingerprint density at radius 1 is 1.00 bits per heavy atom. The van der Waals surface area contributed by atoms with E-state index in [1.807, 2.05) is 24.3 Å². The van der Waals surface area contributed by atoms with Gasteiger partial charge in [-0.1, -0.05) is 48.5 Å². The molecule has 1 saturated heterocycles. The molecule has 8 heteroatoms. The Morgan fingerprint density at radius 2 is 1.64 bits per heavy atom. The average molecular weight is 453 g/mol. The molecule has 33 heavy (non-hydrogen) atoms. The van der Waals surface area contributed by atoms with Crippen molar-refractivity contribution in [3.8, 4) is 11.1 Å². The molecule has 2 atom stereocenters. The number of likely N-dealkylation sites (tertiary alicyclic amines) is 1. The van der Waals surface area contributed by atoms with E-state index in [1.165, 1.54) is 4.90 Å².